The van der Waals surface area contributed by atoms with Gasteiger partial charge < -0.3 is 5.32 Å². The molecule has 0 bridgehead atoms. The minimum absolute atomic E-state index is 0.653. The van der Waals surface area contributed by atoms with Crippen molar-refractivity contribution in [1.82, 2.24) is 4.98 Å². The lowest BCUT2D eigenvalue weighted by Gasteiger charge is -2.04. The molecule has 1 aromatic heterocycles. The van der Waals surface area contributed by atoms with E-state index in [2.05, 4.69) is 22.6 Å². The van der Waals surface area contributed by atoms with Crippen molar-refractivity contribution < 1.29 is 0 Å². The molecule has 0 atom stereocenters. The van der Waals surface area contributed by atoms with Crippen LogP contribution in [0.1, 0.15) is 24.8 Å². The molecule has 3 nitrogen and oxygen atoms in total. The van der Waals surface area contributed by atoms with E-state index in [1.807, 2.05) is 11.8 Å². The highest BCUT2D eigenvalue weighted by Crippen LogP contribution is 2.07. The number of nitrogens with one attached hydrogen (secondary N) is 1. The summed E-state index contributed by atoms with van der Waals surface area (Å²) in [6.45, 7) is 0.927. The minimum Gasteiger partial charge on any atom is -0.370 e. The second-order valence-corrected chi connectivity index (χ2v) is 4.51. The number of hydrogen-bond acceptors (Lipinski definition) is 4. The van der Waals surface area contributed by atoms with E-state index in [1.54, 1.807) is 18.3 Å². The molecule has 16 heavy (non-hydrogen) atoms. The Bertz CT molecular complexity index is 346. The van der Waals surface area contributed by atoms with E-state index in [9.17, 15) is 0 Å². The monoisotopic (exact) mass is 235 g/mol. The number of pyridine rings is 1. The Kier molecular flexibility index (Phi) is 6.43. The molecule has 0 saturated heterocycles. The Hall–Kier alpha value is -1.21. The molecule has 0 aromatic carbocycles. The fraction of sp³-hybridized carbons (Fsp3) is 0.500. The first-order valence-electron chi connectivity index (χ1n) is 5.46. The van der Waals surface area contributed by atoms with Gasteiger partial charge in [0.05, 0.1) is 11.6 Å². The fourth-order valence-corrected chi connectivity index (χ4v) is 1.85. The Morgan fingerprint density at radius 3 is 3.06 bits per heavy atom. The molecular formula is C12H17N3S. The zero-order chi connectivity index (χ0) is 11.6. The molecule has 0 aliphatic rings. The van der Waals surface area contributed by atoms with Crippen molar-refractivity contribution in [1.29, 1.82) is 5.26 Å². The van der Waals surface area contributed by atoms with E-state index in [4.69, 9.17) is 5.26 Å². The number of thioether (sulfide) groups is 1. The molecule has 0 aliphatic heterocycles. The molecule has 0 unspecified atom stereocenters. The van der Waals surface area contributed by atoms with Gasteiger partial charge in [-0.15, -0.1) is 0 Å². The zero-order valence-corrected chi connectivity index (χ0v) is 10.4. The molecule has 0 saturated carbocycles. The van der Waals surface area contributed by atoms with Gasteiger partial charge in [-0.3, -0.25) is 0 Å². The van der Waals surface area contributed by atoms with Crippen LogP contribution in [0.15, 0.2) is 18.3 Å². The molecule has 0 radical (unpaired) electrons. The average molecular weight is 235 g/mol. The number of unbranched alkanes of at least 4 members (excludes halogenated alkanes) is 2. The van der Waals surface area contributed by atoms with Crippen molar-refractivity contribution in [2.75, 3.05) is 23.9 Å². The highest BCUT2D eigenvalue weighted by Gasteiger charge is 1.95. The van der Waals surface area contributed by atoms with Crippen LogP contribution in [0.3, 0.4) is 0 Å². The van der Waals surface area contributed by atoms with Crippen molar-refractivity contribution in [2.24, 2.45) is 0 Å². The van der Waals surface area contributed by atoms with Crippen LogP contribution in [-0.2, 0) is 0 Å². The SMILES string of the molecule is CSCCCCCNc1cc(C#N)ccn1. The summed E-state index contributed by atoms with van der Waals surface area (Å²) in [5.74, 6) is 2.03. The standard InChI is InChI=1S/C12H17N3S/c1-16-8-4-2-3-6-14-12-9-11(10-13)5-7-15-12/h5,7,9H,2-4,6,8H2,1H3,(H,14,15). The van der Waals surface area contributed by atoms with Gasteiger partial charge in [-0.05, 0) is 37.0 Å². The molecule has 1 rings (SSSR count). The molecule has 0 amide bonds. The highest BCUT2D eigenvalue weighted by molar-refractivity contribution is 7.98. The van der Waals surface area contributed by atoms with E-state index < -0.39 is 0 Å². The van der Waals surface area contributed by atoms with Crippen LogP contribution in [0, 0.1) is 11.3 Å². The summed E-state index contributed by atoms with van der Waals surface area (Å²) in [6, 6.07) is 5.59. The predicted molar refractivity (Wildman–Crippen MR) is 69.7 cm³/mol. The Morgan fingerprint density at radius 1 is 1.44 bits per heavy atom. The average Bonchev–Trinajstić information content (AvgIpc) is 2.34. The van der Waals surface area contributed by atoms with Gasteiger partial charge in [-0.1, -0.05) is 6.42 Å². The van der Waals surface area contributed by atoms with Gasteiger partial charge in [0.2, 0.25) is 0 Å². The van der Waals surface area contributed by atoms with Gasteiger partial charge in [0.15, 0.2) is 0 Å². The molecule has 4 heteroatoms. The van der Waals surface area contributed by atoms with Crippen LogP contribution < -0.4 is 5.32 Å². The third-order valence-electron chi connectivity index (χ3n) is 2.22. The van der Waals surface area contributed by atoms with E-state index in [0.717, 1.165) is 18.8 Å². The number of aromatic nitrogens is 1. The summed E-state index contributed by atoms with van der Waals surface area (Å²) < 4.78 is 0. The van der Waals surface area contributed by atoms with Gasteiger partial charge in [0.1, 0.15) is 5.82 Å². The summed E-state index contributed by atoms with van der Waals surface area (Å²) in [6.07, 6.45) is 7.46. The summed E-state index contributed by atoms with van der Waals surface area (Å²) in [5.41, 5.74) is 0.653. The largest absolute Gasteiger partial charge is 0.370 e. The van der Waals surface area contributed by atoms with Crippen molar-refractivity contribution in [3.8, 4) is 6.07 Å². The zero-order valence-electron chi connectivity index (χ0n) is 9.57. The molecule has 0 fully saturated rings. The van der Waals surface area contributed by atoms with Gasteiger partial charge in [0.25, 0.3) is 0 Å². The van der Waals surface area contributed by atoms with Gasteiger partial charge in [-0.25, -0.2) is 4.98 Å². The summed E-state index contributed by atoms with van der Waals surface area (Å²) in [4.78, 5) is 4.15. The van der Waals surface area contributed by atoms with Crippen molar-refractivity contribution in [2.45, 2.75) is 19.3 Å². The second-order valence-electron chi connectivity index (χ2n) is 3.52. The van der Waals surface area contributed by atoms with E-state index in [-0.39, 0.29) is 0 Å². The molecule has 1 heterocycles. The topological polar surface area (TPSA) is 48.7 Å². The van der Waals surface area contributed by atoms with Crippen LogP contribution >= 0.6 is 11.8 Å². The van der Waals surface area contributed by atoms with Crippen LogP contribution in [0.5, 0.6) is 0 Å². The Morgan fingerprint density at radius 2 is 2.31 bits per heavy atom. The molecule has 1 aromatic rings. The van der Waals surface area contributed by atoms with Gasteiger partial charge in [0, 0.05) is 12.7 Å². The predicted octanol–water partition coefficient (Wildman–Crippen LogP) is 2.90. The highest BCUT2D eigenvalue weighted by atomic mass is 32.2. The maximum absolute atomic E-state index is 8.72. The molecular weight excluding hydrogens is 218 g/mol. The maximum Gasteiger partial charge on any atom is 0.127 e. The Balaban J connectivity index is 2.19. The third kappa shape index (κ3) is 5.04. The molecule has 0 spiro atoms. The van der Waals surface area contributed by atoms with Crippen LogP contribution in [0.2, 0.25) is 0 Å². The number of anilines is 1. The summed E-state index contributed by atoms with van der Waals surface area (Å²) >= 11 is 1.89. The van der Waals surface area contributed by atoms with Crippen molar-refractivity contribution >= 4 is 17.6 Å². The molecule has 0 aliphatic carbocycles. The lowest BCUT2D eigenvalue weighted by Crippen LogP contribution is -2.03. The van der Waals surface area contributed by atoms with Crippen LogP contribution in [-0.4, -0.2) is 23.5 Å². The fourth-order valence-electron chi connectivity index (χ4n) is 1.36. The maximum atomic E-state index is 8.72. The summed E-state index contributed by atoms with van der Waals surface area (Å²) in [7, 11) is 0. The van der Waals surface area contributed by atoms with Crippen LogP contribution in [0.4, 0.5) is 5.82 Å². The first kappa shape index (κ1) is 12.9. The third-order valence-corrected chi connectivity index (χ3v) is 2.92. The van der Waals surface area contributed by atoms with E-state index in [0.29, 0.717) is 5.56 Å². The van der Waals surface area contributed by atoms with E-state index in [1.165, 1.54) is 18.6 Å². The smallest absolute Gasteiger partial charge is 0.127 e. The quantitative estimate of drug-likeness (QED) is 0.738. The van der Waals surface area contributed by atoms with Crippen LogP contribution in [0.25, 0.3) is 0 Å². The van der Waals surface area contributed by atoms with Crippen molar-refractivity contribution in [3.63, 3.8) is 0 Å². The lowest BCUT2D eigenvalue weighted by molar-refractivity contribution is 0.748. The first-order valence-corrected chi connectivity index (χ1v) is 6.85. The number of hydrogen-bond donors (Lipinski definition) is 1. The van der Waals surface area contributed by atoms with E-state index >= 15 is 0 Å². The number of nitriles is 1. The second kappa shape index (κ2) is 8.00. The number of nitrogens with zero attached hydrogens (tertiary/aromatic N) is 2. The van der Waals surface area contributed by atoms with Gasteiger partial charge >= 0.3 is 0 Å². The minimum atomic E-state index is 0.653. The summed E-state index contributed by atoms with van der Waals surface area (Å²) in [5, 5.41) is 12.0. The number of rotatable bonds is 7. The lowest BCUT2D eigenvalue weighted by atomic mass is 10.2. The Labute approximate surface area is 101 Å². The normalized spacial score (nSPS) is 9.75. The molecule has 1 N–H and O–H groups in total. The first-order chi connectivity index (χ1) is 7.86. The van der Waals surface area contributed by atoms with Crippen molar-refractivity contribution in [3.05, 3.63) is 23.9 Å². The van der Waals surface area contributed by atoms with Gasteiger partial charge in [-0.2, -0.15) is 17.0 Å². The molecule has 86 valence electrons.